The molecule has 0 amide bonds. The van der Waals surface area contributed by atoms with Crippen molar-refractivity contribution in [3.8, 4) is 0 Å². The minimum absolute atomic E-state index is 0.0160. The number of hydrogen-bond donors (Lipinski definition) is 5. The molecule has 1 unspecified atom stereocenters. The molecule has 13 nitrogen and oxygen atoms in total. The van der Waals surface area contributed by atoms with Gasteiger partial charge in [-0.25, -0.2) is 4.57 Å². The number of unbranched alkanes of at least 4 members (excludes halogenated alkanes) is 15. The zero-order chi connectivity index (χ0) is 42.3. The Labute approximate surface area is 343 Å². The van der Waals surface area contributed by atoms with E-state index in [1.165, 1.54) is 51.4 Å². The Morgan fingerprint density at radius 2 is 1.32 bits per heavy atom. The fraction of sp³-hybridized carbons (Fsp3) is 0.884. The van der Waals surface area contributed by atoms with Crippen LogP contribution >= 0.6 is 7.82 Å². The van der Waals surface area contributed by atoms with E-state index in [9.17, 15) is 39.2 Å². The molecule has 1 rings (SSSR count). The van der Waals surface area contributed by atoms with Gasteiger partial charge in [-0.1, -0.05) is 142 Å². The maximum atomic E-state index is 12.7. The van der Waals surface area contributed by atoms with Crippen molar-refractivity contribution in [3.63, 3.8) is 0 Å². The van der Waals surface area contributed by atoms with E-state index < -0.39 is 69.9 Å². The Balaban J connectivity index is 2.44. The molecule has 0 saturated heterocycles. The number of carbonyl (C=O) groups is 3. The fourth-order valence-electron chi connectivity index (χ4n) is 7.02. The summed E-state index contributed by atoms with van der Waals surface area (Å²) in [6.45, 7) is 4.32. The third kappa shape index (κ3) is 28.4. The van der Waals surface area contributed by atoms with Crippen LogP contribution in [0.15, 0.2) is 12.2 Å². The number of allylic oxidation sites excluding steroid dienone is 1. The largest absolute Gasteiger partial charge is 0.472 e. The number of esters is 2. The molecule has 1 aliphatic carbocycles. The molecule has 57 heavy (non-hydrogen) atoms. The summed E-state index contributed by atoms with van der Waals surface area (Å²) in [4.78, 5) is 47.7. The van der Waals surface area contributed by atoms with Crippen molar-refractivity contribution in [2.24, 2.45) is 17.8 Å². The zero-order valence-electron chi connectivity index (χ0n) is 35.4. The normalized spacial score (nSPS) is 19.9. The van der Waals surface area contributed by atoms with Crippen LogP contribution in [0.5, 0.6) is 0 Å². The van der Waals surface area contributed by atoms with E-state index in [-0.39, 0.29) is 37.6 Å². The average Bonchev–Trinajstić information content (AvgIpc) is 3.44. The quantitative estimate of drug-likeness (QED) is 0.0174. The number of aliphatic hydroxyl groups is 4. The standard InChI is InChI=1S/C43H79O13P/c1-4-5-17-23-35(45)27-28-39-38(40(47)29-41(39)48)24-19-15-16-21-26-43(50)56-37(33-55-57(51,52)54-31-36(46)30-44)32-53-42(49)25-20-14-12-10-8-6-7-9-11-13-18-22-34(2)3/h27-28,34-40,44-47H,4-26,29-33H2,1-3H3,(H,51,52)/b28-27+/t35-,36-,37+,38+,39+,40-/m0/s1. The molecule has 7 atom stereocenters. The first-order valence-corrected chi connectivity index (χ1v) is 23.6. The SMILES string of the molecule is CCCCC[C@H](O)/C=C/[C@H]1C(=O)C[C@H](O)[C@@H]1CCCCCCC(=O)O[C@H](COC(=O)CCCCCCCCCCCCCC(C)C)COP(=O)(O)OC[C@@H](O)CO. The number of hydrogen-bond acceptors (Lipinski definition) is 12. The Kier molecular flexibility index (Phi) is 30.9. The summed E-state index contributed by atoms with van der Waals surface area (Å²) in [6.07, 6.45) is 20.9. The van der Waals surface area contributed by atoms with Gasteiger partial charge in [0.15, 0.2) is 6.10 Å². The van der Waals surface area contributed by atoms with Gasteiger partial charge in [0.05, 0.1) is 32.0 Å². The summed E-state index contributed by atoms with van der Waals surface area (Å²) in [7, 11) is -4.68. The van der Waals surface area contributed by atoms with Crippen LogP contribution in [-0.2, 0) is 37.5 Å². The van der Waals surface area contributed by atoms with E-state index in [4.69, 9.17) is 19.1 Å². The van der Waals surface area contributed by atoms with E-state index in [0.717, 1.165) is 57.3 Å². The van der Waals surface area contributed by atoms with Crippen LogP contribution in [0.3, 0.4) is 0 Å². The first kappa shape index (κ1) is 53.3. The van der Waals surface area contributed by atoms with Gasteiger partial charge in [-0.2, -0.15) is 0 Å². The zero-order valence-corrected chi connectivity index (χ0v) is 36.3. The molecule has 5 N–H and O–H groups in total. The highest BCUT2D eigenvalue weighted by Crippen LogP contribution is 2.43. The number of carbonyl (C=O) groups excluding carboxylic acids is 3. The highest BCUT2D eigenvalue weighted by atomic mass is 31.2. The molecule has 0 aromatic heterocycles. The van der Waals surface area contributed by atoms with Gasteiger partial charge < -0.3 is 34.8 Å². The van der Waals surface area contributed by atoms with Gasteiger partial charge in [-0.15, -0.1) is 0 Å². The summed E-state index contributed by atoms with van der Waals surface area (Å²) in [6, 6.07) is 0. The summed E-state index contributed by atoms with van der Waals surface area (Å²) in [5.41, 5.74) is 0. The number of phosphoric acid groups is 1. The Morgan fingerprint density at radius 3 is 1.91 bits per heavy atom. The molecule has 0 radical (unpaired) electrons. The number of rotatable bonds is 37. The smallest absolute Gasteiger partial charge is 0.462 e. The van der Waals surface area contributed by atoms with Crippen LogP contribution in [0, 0.1) is 17.8 Å². The van der Waals surface area contributed by atoms with Crippen molar-refractivity contribution in [2.75, 3.05) is 26.4 Å². The lowest BCUT2D eigenvalue weighted by molar-refractivity contribution is -0.161. The van der Waals surface area contributed by atoms with Gasteiger partial charge in [-0.3, -0.25) is 23.4 Å². The molecule has 0 aromatic carbocycles. The van der Waals surface area contributed by atoms with Crippen molar-refractivity contribution in [1.82, 2.24) is 0 Å². The summed E-state index contributed by atoms with van der Waals surface area (Å²) >= 11 is 0. The monoisotopic (exact) mass is 835 g/mol. The van der Waals surface area contributed by atoms with E-state index in [0.29, 0.717) is 32.1 Å². The molecular formula is C43H79O13P. The molecule has 0 aromatic rings. The van der Waals surface area contributed by atoms with Crippen molar-refractivity contribution in [3.05, 3.63) is 12.2 Å². The Morgan fingerprint density at radius 1 is 0.772 bits per heavy atom. The highest BCUT2D eigenvalue weighted by Gasteiger charge is 2.39. The van der Waals surface area contributed by atoms with Gasteiger partial charge in [0.25, 0.3) is 0 Å². The summed E-state index contributed by atoms with van der Waals surface area (Å²) in [5.74, 6) is -0.933. The third-order valence-electron chi connectivity index (χ3n) is 10.5. The number of ketones is 1. The molecule has 14 heteroatoms. The molecular weight excluding hydrogens is 755 g/mol. The van der Waals surface area contributed by atoms with Crippen LogP contribution < -0.4 is 0 Å². The van der Waals surface area contributed by atoms with E-state index in [2.05, 4.69) is 25.3 Å². The predicted molar refractivity (Wildman–Crippen MR) is 220 cm³/mol. The number of Topliss-reactive ketones (excluding diaryl/α,β-unsaturated/α-hetero) is 1. The second kappa shape index (κ2) is 33.1. The fourth-order valence-corrected chi connectivity index (χ4v) is 7.81. The molecule has 1 aliphatic rings. The van der Waals surface area contributed by atoms with Crippen LogP contribution in [-0.4, -0.2) is 93.9 Å². The van der Waals surface area contributed by atoms with E-state index >= 15 is 0 Å². The van der Waals surface area contributed by atoms with E-state index in [1.54, 1.807) is 12.2 Å². The maximum absolute atomic E-state index is 12.7. The summed E-state index contributed by atoms with van der Waals surface area (Å²) in [5, 5.41) is 39.1. The van der Waals surface area contributed by atoms with Gasteiger partial charge in [0, 0.05) is 25.2 Å². The lowest BCUT2D eigenvalue weighted by atomic mass is 9.88. The van der Waals surface area contributed by atoms with Crippen LogP contribution in [0.25, 0.3) is 0 Å². The first-order chi connectivity index (χ1) is 27.3. The number of aliphatic hydroxyl groups excluding tert-OH is 4. The second-order valence-electron chi connectivity index (χ2n) is 16.3. The van der Waals surface area contributed by atoms with Crippen LogP contribution in [0.4, 0.5) is 0 Å². The van der Waals surface area contributed by atoms with Crippen LogP contribution in [0.1, 0.15) is 175 Å². The van der Waals surface area contributed by atoms with Gasteiger partial charge in [0.2, 0.25) is 0 Å². The number of ether oxygens (including phenoxy) is 2. The van der Waals surface area contributed by atoms with Crippen molar-refractivity contribution in [1.29, 1.82) is 0 Å². The third-order valence-corrected chi connectivity index (χ3v) is 11.5. The topological polar surface area (TPSA) is 206 Å². The van der Waals surface area contributed by atoms with Crippen molar-refractivity contribution in [2.45, 2.75) is 199 Å². The molecule has 0 aliphatic heterocycles. The molecule has 0 heterocycles. The molecule has 1 saturated carbocycles. The molecule has 334 valence electrons. The predicted octanol–water partition coefficient (Wildman–Crippen LogP) is 8.06. The lowest BCUT2D eigenvalue weighted by Crippen LogP contribution is -2.29. The van der Waals surface area contributed by atoms with Crippen molar-refractivity contribution >= 4 is 25.5 Å². The van der Waals surface area contributed by atoms with Gasteiger partial charge in [0.1, 0.15) is 18.5 Å². The Hall–Kier alpha value is -1.70. The van der Waals surface area contributed by atoms with E-state index in [1.807, 2.05) is 0 Å². The first-order valence-electron chi connectivity index (χ1n) is 22.1. The second-order valence-corrected chi connectivity index (χ2v) is 17.8. The average molecular weight is 835 g/mol. The molecule has 0 bridgehead atoms. The molecule has 1 fully saturated rings. The minimum Gasteiger partial charge on any atom is -0.462 e. The lowest BCUT2D eigenvalue weighted by Gasteiger charge is -2.20. The van der Waals surface area contributed by atoms with Gasteiger partial charge >= 0.3 is 19.8 Å². The van der Waals surface area contributed by atoms with Crippen molar-refractivity contribution < 1.29 is 62.8 Å². The van der Waals surface area contributed by atoms with Gasteiger partial charge in [-0.05, 0) is 37.5 Å². The summed E-state index contributed by atoms with van der Waals surface area (Å²) < 4.78 is 32.7. The molecule has 0 spiro atoms. The Bertz CT molecular complexity index is 1130. The van der Waals surface area contributed by atoms with Crippen LogP contribution in [0.2, 0.25) is 0 Å². The number of phosphoric ester groups is 1. The minimum atomic E-state index is -4.68. The highest BCUT2D eigenvalue weighted by molar-refractivity contribution is 7.47. The maximum Gasteiger partial charge on any atom is 0.472 e.